The van der Waals surface area contributed by atoms with Crippen LogP contribution in [0.4, 0.5) is 0 Å². The number of hydrogen-bond donors (Lipinski definition) is 0. The number of benzene rings is 6. The summed E-state index contributed by atoms with van der Waals surface area (Å²) in [5, 5.41) is 7.74. The van der Waals surface area contributed by atoms with Crippen molar-refractivity contribution in [3.05, 3.63) is 122 Å². The van der Waals surface area contributed by atoms with Gasteiger partial charge in [-0.05, 0) is 67.2 Å². The van der Waals surface area contributed by atoms with Crippen LogP contribution in [0.3, 0.4) is 0 Å². The fourth-order valence-electron chi connectivity index (χ4n) is 5.66. The first-order valence-electron chi connectivity index (χ1n) is 12.1. The molecule has 0 atom stereocenters. The quantitative estimate of drug-likeness (QED) is 0.241. The molecule has 0 radical (unpaired) electrons. The minimum absolute atomic E-state index is 0.613. The maximum Gasteiger partial charge on any atom is 0.306 e. The van der Waals surface area contributed by atoms with Gasteiger partial charge in [0, 0.05) is 11.8 Å². The molecule has 0 bridgehead atoms. The van der Waals surface area contributed by atoms with Crippen LogP contribution >= 0.6 is 0 Å². The highest BCUT2D eigenvalue weighted by atomic mass is 16.3. The summed E-state index contributed by atoms with van der Waals surface area (Å²) in [7, 11) is 0. The van der Waals surface area contributed by atoms with Crippen LogP contribution in [0.15, 0.2) is 126 Å². The van der Waals surface area contributed by atoms with Gasteiger partial charge in [-0.3, -0.25) is 4.40 Å². The van der Waals surface area contributed by atoms with Crippen LogP contribution in [-0.2, 0) is 0 Å². The molecule has 0 aliphatic heterocycles. The van der Waals surface area contributed by atoms with E-state index >= 15 is 0 Å². The van der Waals surface area contributed by atoms with Crippen molar-refractivity contribution in [2.75, 3.05) is 0 Å². The summed E-state index contributed by atoms with van der Waals surface area (Å²) in [4.78, 5) is 4.75. The number of hydrogen-bond acceptors (Lipinski definition) is 2. The van der Waals surface area contributed by atoms with E-state index in [0.29, 0.717) is 5.84 Å². The molecule has 3 heteroatoms. The topological polar surface area (TPSA) is 30.4 Å². The summed E-state index contributed by atoms with van der Waals surface area (Å²) in [6.45, 7) is 0. The molecule has 0 amide bonds. The van der Waals surface area contributed by atoms with Crippen molar-refractivity contribution in [1.82, 2.24) is 9.38 Å². The summed E-state index contributed by atoms with van der Waals surface area (Å²) >= 11 is 0. The minimum Gasteiger partial charge on any atom is -0.432 e. The molecule has 0 aliphatic carbocycles. The van der Waals surface area contributed by atoms with Crippen molar-refractivity contribution >= 4 is 49.2 Å². The molecule has 8 aromatic rings. The average Bonchev–Trinajstić information content (AvgIpc) is 3.55. The Hall–Kier alpha value is -4.89. The average molecular weight is 461 g/mol. The maximum atomic E-state index is 5.55. The molecule has 0 unspecified atom stereocenters. The second-order valence-corrected chi connectivity index (χ2v) is 9.27. The molecule has 36 heavy (non-hydrogen) atoms. The first kappa shape index (κ1) is 19.4. The fourth-order valence-corrected chi connectivity index (χ4v) is 5.66. The van der Waals surface area contributed by atoms with Gasteiger partial charge < -0.3 is 4.42 Å². The molecule has 0 fully saturated rings. The summed E-state index contributed by atoms with van der Waals surface area (Å²) in [6.07, 6.45) is 3.58. The van der Waals surface area contributed by atoms with Gasteiger partial charge in [0.25, 0.3) is 0 Å². The molecule has 168 valence electrons. The third-order valence-corrected chi connectivity index (χ3v) is 7.32. The Balaban J connectivity index is 1.35. The Morgan fingerprint density at radius 2 is 1.17 bits per heavy atom. The van der Waals surface area contributed by atoms with E-state index in [9.17, 15) is 0 Å². The summed E-state index contributed by atoms with van der Waals surface area (Å²) in [5.74, 6) is 0.613. The van der Waals surface area contributed by atoms with Gasteiger partial charge in [0.05, 0.1) is 5.52 Å². The molecular weight excluding hydrogens is 440 g/mol. The highest BCUT2D eigenvalue weighted by Crippen LogP contribution is 2.38. The lowest BCUT2D eigenvalue weighted by atomic mass is 9.91. The normalized spacial score (nSPS) is 11.9. The van der Waals surface area contributed by atoms with E-state index in [1.54, 1.807) is 6.26 Å². The minimum atomic E-state index is 0.613. The standard InChI is InChI=1S/C33H20N2O/c1-2-11-27-25(9-1)26-10-3-4-12-28(26)30-20-22(15-16-29(27)30)21-7-5-8-23(19-21)24-13-6-14-31-32(24)34-33-35(31)17-18-36-33/h1-20H. The molecule has 8 rings (SSSR count). The Morgan fingerprint density at radius 3 is 1.94 bits per heavy atom. The lowest BCUT2D eigenvalue weighted by molar-refractivity contribution is 0.597. The van der Waals surface area contributed by atoms with E-state index in [4.69, 9.17) is 9.40 Å². The van der Waals surface area contributed by atoms with Gasteiger partial charge in [-0.1, -0.05) is 91.0 Å². The second-order valence-electron chi connectivity index (χ2n) is 9.27. The number of nitrogens with zero attached hydrogens (tertiary/aromatic N) is 2. The zero-order valence-electron chi connectivity index (χ0n) is 19.3. The van der Waals surface area contributed by atoms with Gasteiger partial charge in [-0.15, -0.1) is 0 Å². The van der Waals surface area contributed by atoms with Gasteiger partial charge >= 0.3 is 5.84 Å². The maximum absolute atomic E-state index is 5.55. The van der Waals surface area contributed by atoms with E-state index in [1.807, 2.05) is 10.6 Å². The number of fused-ring (bicyclic) bond motifs is 9. The number of aromatic nitrogens is 2. The molecule has 6 aromatic carbocycles. The number of imidazole rings is 1. The lowest BCUT2D eigenvalue weighted by Gasteiger charge is -2.12. The second kappa shape index (κ2) is 7.30. The van der Waals surface area contributed by atoms with Gasteiger partial charge in [-0.25, -0.2) is 0 Å². The number of para-hydroxylation sites is 1. The molecule has 2 heterocycles. The molecule has 3 nitrogen and oxygen atoms in total. The van der Waals surface area contributed by atoms with Crippen LogP contribution in [0.5, 0.6) is 0 Å². The Kier molecular flexibility index (Phi) is 3.94. The predicted molar refractivity (Wildman–Crippen MR) is 148 cm³/mol. The van der Waals surface area contributed by atoms with Gasteiger partial charge in [-0.2, -0.15) is 4.98 Å². The van der Waals surface area contributed by atoms with Crippen molar-refractivity contribution < 1.29 is 4.42 Å². The molecule has 0 saturated carbocycles. The molecular formula is C33H20N2O. The zero-order chi connectivity index (χ0) is 23.6. The van der Waals surface area contributed by atoms with Crippen molar-refractivity contribution in [2.24, 2.45) is 0 Å². The summed E-state index contributed by atoms with van der Waals surface area (Å²) < 4.78 is 7.53. The van der Waals surface area contributed by atoms with Gasteiger partial charge in [0.1, 0.15) is 11.8 Å². The van der Waals surface area contributed by atoms with Crippen LogP contribution in [0, 0.1) is 0 Å². The molecule has 2 aromatic heterocycles. The summed E-state index contributed by atoms with van der Waals surface area (Å²) in [6, 6.07) is 39.3. The highest BCUT2D eigenvalue weighted by molar-refractivity contribution is 6.25. The van der Waals surface area contributed by atoms with Gasteiger partial charge in [0.15, 0.2) is 0 Å². The van der Waals surface area contributed by atoms with E-state index in [-0.39, 0.29) is 0 Å². The molecule has 0 N–H and O–H groups in total. The van der Waals surface area contributed by atoms with Crippen molar-refractivity contribution in [2.45, 2.75) is 0 Å². The van der Waals surface area contributed by atoms with E-state index in [2.05, 4.69) is 109 Å². The predicted octanol–water partition coefficient (Wildman–Crippen LogP) is 8.87. The SMILES string of the molecule is c1cc(-c2ccc3c4ccccc4c4ccccc4c3c2)cc(-c2cccc3c2nc2occn23)c1. The van der Waals surface area contributed by atoms with E-state index in [0.717, 1.165) is 22.2 Å². The Morgan fingerprint density at radius 1 is 0.528 bits per heavy atom. The summed E-state index contributed by atoms with van der Waals surface area (Å²) in [5.41, 5.74) is 6.63. The van der Waals surface area contributed by atoms with Crippen LogP contribution < -0.4 is 0 Å². The van der Waals surface area contributed by atoms with E-state index < -0.39 is 0 Å². The largest absolute Gasteiger partial charge is 0.432 e. The van der Waals surface area contributed by atoms with Crippen LogP contribution in [-0.4, -0.2) is 9.38 Å². The van der Waals surface area contributed by atoms with Crippen molar-refractivity contribution in [1.29, 1.82) is 0 Å². The van der Waals surface area contributed by atoms with Crippen LogP contribution in [0.2, 0.25) is 0 Å². The van der Waals surface area contributed by atoms with Crippen molar-refractivity contribution in [3.63, 3.8) is 0 Å². The molecule has 0 saturated heterocycles. The van der Waals surface area contributed by atoms with Crippen molar-refractivity contribution in [3.8, 4) is 22.3 Å². The van der Waals surface area contributed by atoms with E-state index in [1.165, 1.54) is 43.4 Å². The first-order chi connectivity index (χ1) is 17.8. The third-order valence-electron chi connectivity index (χ3n) is 7.32. The van der Waals surface area contributed by atoms with Crippen LogP contribution in [0.1, 0.15) is 0 Å². The number of oxazole rings is 1. The highest BCUT2D eigenvalue weighted by Gasteiger charge is 2.13. The number of rotatable bonds is 2. The lowest BCUT2D eigenvalue weighted by Crippen LogP contribution is -1.86. The Bertz CT molecular complexity index is 2080. The Labute approximate surface area is 206 Å². The zero-order valence-corrected chi connectivity index (χ0v) is 19.3. The van der Waals surface area contributed by atoms with Gasteiger partial charge in [0.2, 0.25) is 0 Å². The third kappa shape index (κ3) is 2.71. The fraction of sp³-hybridized carbons (Fsp3) is 0. The monoisotopic (exact) mass is 460 g/mol. The smallest absolute Gasteiger partial charge is 0.306 e. The molecule has 0 aliphatic rings. The molecule has 0 spiro atoms. The first-order valence-corrected chi connectivity index (χ1v) is 12.1. The van der Waals surface area contributed by atoms with Crippen LogP contribution in [0.25, 0.3) is 71.4 Å².